The summed E-state index contributed by atoms with van der Waals surface area (Å²) in [6.07, 6.45) is 32.1. The Morgan fingerprint density at radius 3 is 0.958 bits per heavy atom. The van der Waals surface area contributed by atoms with Crippen molar-refractivity contribution in [1.82, 2.24) is 0 Å². The second-order valence-electron chi connectivity index (χ2n) is 13.9. The maximum atomic E-state index is 12.8. The molecule has 48 heavy (non-hydrogen) atoms. The van der Waals surface area contributed by atoms with Crippen LogP contribution >= 0.6 is 0 Å². The van der Waals surface area contributed by atoms with Crippen LogP contribution in [0.15, 0.2) is 0 Å². The van der Waals surface area contributed by atoms with Gasteiger partial charge in [0.25, 0.3) is 0 Å². The van der Waals surface area contributed by atoms with E-state index in [1.165, 1.54) is 116 Å². The maximum absolute atomic E-state index is 12.8. The first kappa shape index (κ1) is 49.5. The van der Waals surface area contributed by atoms with Crippen molar-refractivity contribution < 1.29 is 28.6 Å². The normalized spacial score (nSPS) is 12.2. The van der Waals surface area contributed by atoms with Gasteiger partial charge in [-0.25, -0.2) is 0 Å². The van der Waals surface area contributed by atoms with Gasteiger partial charge in [0, 0.05) is 48.8 Å². The standard InChI is InChI=1S/C41H78O6.Na/c1-5-9-12-15-18-21-24-27-30-33-39(42)45-36-38(47-41(44)35-32-29-26-23-20-17-14-11-7-3)37(8-4)46-40(43)34-31-28-25-22-19-16-13-10-6-2;/h37-38H,5-36H2,1-4H3;. The summed E-state index contributed by atoms with van der Waals surface area (Å²) in [6.45, 7) is 8.56. The van der Waals surface area contributed by atoms with Crippen molar-refractivity contribution in [3.8, 4) is 0 Å². The Kier molecular flexibility index (Phi) is 40.4. The maximum Gasteiger partial charge on any atom is 0.306 e. The van der Waals surface area contributed by atoms with Crippen LogP contribution in [0, 0.1) is 0 Å². The van der Waals surface area contributed by atoms with Gasteiger partial charge in [-0.05, 0) is 25.7 Å². The summed E-state index contributed by atoms with van der Waals surface area (Å²) in [4.78, 5) is 38.1. The minimum Gasteiger partial charge on any atom is -0.462 e. The van der Waals surface area contributed by atoms with Gasteiger partial charge in [0.15, 0.2) is 6.10 Å². The second-order valence-corrected chi connectivity index (χ2v) is 13.9. The third-order valence-corrected chi connectivity index (χ3v) is 9.24. The van der Waals surface area contributed by atoms with E-state index in [1.807, 2.05) is 6.92 Å². The molecule has 0 rings (SSSR count). The summed E-state index contributed by atoms with van der Waals surface area (Å²) >= 11 is 0. The van der Waals surface area contributed by atoms with Crippen molar-refractivity contribution in [2.75, 3.05) is 6.61 Å². The molecule has 0 aromatic carbocycles. The van der Waals surface area contributed by atoms with E-state index in [0.717, 1.165) is 57.8 Å². The molecule has 279 valence electrons. The number of ether oxygens (including phenoxy) is 3. The van der Waals surface area contributed by atoms with E-state index < -0.39 is 12.2 Å². The molecule has 7 heteroatoms. The second kappa shape index (κ2) is 39.2. The predicted octanol–water partition coefficient (Wildman–Crippen LogP) is 12.1. The van der Waals surface area contributed by atoms with E-state index in [4.69, 9.17) is 14.2 Å². The van der Waals surface area contributed by atoms with Crippen molar-refractivity contribution in [2.24, 2.45) is 0 Å². The molecule has 0 aliphatic rings. The van der Waals surface area contributed by atoms with E-state index in [0.29, 0.717) is 25.7 Å². The van der Waals surface area contributed by atoms with Crippen LogP contribution in [0.1, 0.15) is 227 Å². The van der Waals surface area contributed by atoms with Gasteiger partial charge in [0.1, 0.15) is 12.7 Å². The molecule has 0 spiro atoms. The molecular weight excluding hydrogens is 611 g/mol. The Bertz CT molecular complexity index is 715. The molecule has 0 amide bonds. The summed E-state index contributed by atoms with van der Waals surface area (Å²) in [5.74, 6) is -0.842. The minimum absolute atomic E-state index is 0. The van der Waals surface area contributed by atoms with Gasteiger partial charge < -0.3 is 14.2 Å². The number of hydrogen-bond acceptors (Lipinski definition) is 6. The number of unbranched alkanes of at least 4 members (excludes halogenated alkanes) is 24. The Morgan fingerprint density at radius 2 is 0.646 bits per heavy atom. The number of carbonyl (C=O) groups excluding carboxylic acids is 3. The van der Waals surface area contributed by atoms with Crippen molar-refractivity contribution in [3.05, 3.63) is 0 Å². The van der Waals surface area contributed by atoms with Gasteiger partial charge in [0.2, 0.25) is 0 Å². The molecule has 6 nitrogen and oxygen atoms in total. The van der Waals surface area contributed by atoms with E-state index in [9.17, 15) is 14.4 Å². The van der Waals surface area contributed by atoms with Crippen molar-refractivity contribution in [2.45, 2.75) is 239 Å². The van der Waals surface area contributed by atoms with Crippen LogP contribution < -0.4 is 0 Å². The zero-order valence-electron chi connectivity index (χ0n) is 32.7. The topological polar surface area (TPSA) is 78.9 Å². The van der Waals surface area contributed by atoms with Crippen LogP contribution in [-0.2, 0) is 28.6 Å². The average molecular weight is 690 g/mol. The molecule has 0 aromatic rings. The summed E-state index contributed by atoms with van der Waals surface area (Å²) in [5.41, 5.74) is 0. The van der Waals surface area contributed by atoms with Crippen LogP contribution in [-0.4, -0.2) is 66.3 Å². The van der Waals surface area contributed by atoms with Crippen LogP contribution in [0.4, 0.5) is 0 Å². The summed E-state index contributed by atoms with van der Waals surface area (Å²) < 4.78 is 17.2. The molecule has 2 unspecified atom stereocenters. The van der Waals surface area contributed by atoms with Crippen LogP contribution in [0.5, 0.6) is 0 Å². The Labute approximate surface area is 320 Å². The first-order valence-electron chi connectivity index (χ1n) is 20.5. The fraction of sp³-hybridized carbons (Fsp3) is 0.927. The molecular formula is C41H78NaO6. The third-order valence-electron chi connectivity index (χ3n) is 9.24. The van der Waals surface area contributed by atoms with Crippen LogP contribution in [0.2, 0.25) is 0 Å². The molecule has 0 fully saturated rings. The SMILES string of the molecule is CCCCCCCCCCCC(=O)OCC(OC(=O)CCCCCCCCCCC)C(CC)OC(=O)CCCCCCCCCCC.[Na]. The molecule has 0 N–H and O–H groups in total. The minimum atomic E-state index is -0.773. The molecule has 0 saturated carbocycles. The van der Waals surface area contributed by atoms with Crippen molar-refractivity contribution >= 4 is 47.5 Å². The van der Waals surface area contributed by atoms with Crippen molar-refractivity contribution in [3.63, 3.8) is 0 Å². The molecule has 0 aromatic heterocycles. The smallest absolute Gasteiger partial charge is 0.306 e. The molecule has 0 aliphatic heterocycles. The third kappa shape index (κ3) is 33.9. The monoisotopic (exact) mass is 690 g/mol. The van der Waals surface area contributed by atoms with Crippen LogP contribution in [0.25, 0.3) is 0 Å². The molecule has 1 radical (unpaired) electrons. The number of rotatable bonds is 36. The number of carbonyl (C=O) groups is 3. The molecule has 2 atom stereocenters. The van der Waals surface area contributed by atoms with Gasteiger partial charge in [-0.15, -0.1) is 0 Å². The zero-order valence-corrected chi connectivity index (χ0v) is 34.7. The quantitative estimate of drug-likeness (QED) is 0.0282. The Balaban J connectivity index is 0. The Hall–Kier alpha value is -0.590. The fourth-order valence-corrected chi connectivity index (χ4v) is 6.08. The summed E-state index contributed by atoms with van der Waals surface area (Å²) in [6, 6.07) is 0. The number of hydrogen-bond donors (Lipinski definition) is 0. The predicted molar refractivity (Wildman–Crippen MR) is 202 cm³/mol. The van der Waals surface area contributed by atoms with Gasteiger partial charge >= 0.3 is 17.9 Å². The first-order chi connectivity index (χ1) is 23.0. The first-order valence-corrected chi connectivity index (χ1v) is 20.5. The van der Waals surface area contributed by atoms with E-state index >= 15 is 0 Å². The summed E-state index contributed by atoms with van der Waals surface area (Å²) in [5, 5.41) is 0. The molecule has 0 heterocycles. The van der Waals surface area contributed by atoms with Gasteiger partial charge in [-0.3, -0.25) is 14.4 Å². The molecule has 0 aliphatic carbocycles. The van der Waals surface area contributed by atoms with Gasteiger partial charge in [-0.2, -0.15) is 0 Å². The van der Waals surface area contributed by atoms with Gasteiger partial charge in [0.05, 0.1) is 0 Å². The van der Waals surface area contributed by atoms with Gasteiger partial charge in [-0.1, -0.05) is 182 Å². The largest absolute Gasteiger partial charge is 0.462 e. The number of esters is 3. The molecule has 0 bridgehead atoms. The average Bonchev–Trinajstić information content (AvgIpc) is 3.06. The zero-order chi connectivity index (χ0) is 34.6. The fourth-order valence-electron chi connectivity index (χ4n) is 6.08. The van der Waals surface area contributed by atoms with E-state index in [1.54, 1.807) is 0 Å². The molecule has 0 saturated heterocycles. The van der Waals surface area contributed by atoms with Crippen molar-refractivity contribution in [1.29, 1.82) is 0 Å². The summed E-state index contributed by atoms with van der Waals surface area (Å²) in [7, 11) is 0. The van der Waals surface area contributed by atoms with Crippen LogP contribution in [0.3, 0.4) is 0 Å². The van der Waals surface area contributed by atoms with E-state index in [2.05, 4.69) is 20.8 Å². The Morgan fingerprint density at radius 1 is 0.375 bits per heavy atom. The van der Waals surface area contributed by atoms with E-state index in [-0.39, 0.29) is 54.1 Å².